The fourth-order valence-corrected chi connectivity index (χ4v) is 3.79. The van der Waals surface area contributed by atoms with Crippen LogP contribution >= 0.6 is 11.3 Å². The summed E-state index contributed by atoms with van der Waals surface area (Å²) in [6.07, 6.45) is 0. The summed E-state index contributed by atoms with van der Waals surface area (Å²) in [5, 5.41) is 4.39. The van der Waals surface area contributed by atoms with Gasteiger partial charge in [0.25, 0.3) is 5.56 Å². The topological polar surface area (TPSA) is 64.0 Å². The van der Waals surface area contributed by atoms with Crippen molar-refractivity contribution in [2.24, 2.45) is 0 Å². The Morgan fingerprint density at radius 2 is 1.92 bits per heavy atom. The van der Waals surface area contributed by atoms with Gasteiger partial charge < -0.3 is 5.32 Å². The van der Waals surface area contributed by atoms with E-state index in [2.05, 4.69) is 10.3 Å². The fourth-order valence-electron chi connectivity index (χ4n) is 2.98. The molecule has 0 bridgehead atoms. The number of aryl methyl sites for hydroxylation is 4. The quantitative estimate of drug-likeness (QED) is 0.775. The number of benzene rings is 1. The van der Waals surface area contributed by atoms with Gasteiger partial charge >= 0.3 is 0 Å². The van der Waals surface area contributed by atoms with Crippen molar-refractivity contribution in [3.8, 4) is 0 Å². The summed E-state index contributed by atoms with van der Waals surface area (Å²) in [6.45, 7) is 9.49. The summed E-state index contributed by atoms with van der Waals surface area (Å²) in [4.78, 5) is 30.8. The average molecular weight is 355 g/mol. The predicted molar refractivity (Wildman–Crippen MR) is 103 cm³/mol. The third kappa shape index (κ3) is 3.09. The first-order valence-electron chi connectivity index (χ1n) is 8.16. The number of pyridine rings is 1. The first kappa shape index (κ1) is 17.4. The van der Waals surface area contributed by atoms with Crippen molar-refractivity contribution in [2.45, 2.75) is 40.7 Å². The Hall–Kier alpha value is -2.47. The van der Waals surface area contributed by atoms with Crippen LogP contribution in [-0.2, 0) is 4.79 Å². The van der Waals surface area contributed by atoms with Crippen LogP contribution in [0.25, 0.3) is 10.9 Å². The highest BCUT2D eigenvalue weighted by atomic mass is 32.1. The second-order valence-electron chi connectivity index (χ2n) is 6.33. The number of fused-ring (bicyclic) bond motifs is 1. The first-order valence-corrected chi connectivity index (χ1v) is 8.97. The van der Waals surface area contributed by atoms with Gasteiger partial charge in [-0.1, -0.05) is 18.2 Å². The van der Waals surface area contributed by atoms with Crippen LogP contribution in [0.1, 0.15) is 34.7 Å². The molecule has 1 unspecified atom stereocenters. The zero-order valence-electron chi connectivity index (χ0n) is 15.0. The van der Waals surface area contributed by atoms with E-state index in [1.807, 2.05) is 45.9 Å². The molecule has 3 rings (SSSR count). The lowest BCUT2D eigenvalue weighted by Gasteiger charge is -2.19. The predicted octanol–water partition coefficient (Wildman–Crippen LogP) is 3.89. The molecule has 130 valence electrons. The van der Waals surface area contributed by atoms with Gasteiger partial charge in [0.2, 0.25) is 5.91 Å². The maximum Gasteiger partial charge on any atom is 0.252 e. The van der Waals surface area contributed by atoms with E-state index in [0.29, 0.717) is 5.13 Å². The number of thiazole rings is 1. The molecule has 25 heavy (non-hydrogen) atoms. The van der Waals surface area contributed by atoms with E-state index in [-0.39, 0.29) is 11.5 Å². The third-order valence-electron chi connectivity index (χ3n) is 4.51. The van der Waals surface area contributed by atoms with Gasteiger partial charge in [-0.15, -0.1) is 11.3 Å². The van der Waals surface area contributed by atoms with Crippen molar-refractivity contribution >= 4 is 33.3 Å². The Morgan fingerprint density at radius 3 is 2.56 bits per heavy atom. The molecule has 5 nitrogen and oxygen atoms in total. The van der Waals surface area contributed by atoms with Gasteiger partial charge in [-0.05, 0) is 45.7 Å². The number of amides is 1. The highest BCUT2D eigenvalue weighted by Crippen LogP contribution is 2.25. The van der Waals surface area contributed by atoms with Crippen LogP contribution in [0.15, 0.2) is 29.1 Å². The number of anilines is 1. The van der Waals surface area contributed by atoms with Crippen molar-refractivity contribution in [2.75, 3.05) is 5.32 Å². The van der Waals surface area contributed by atoms with Crippen LogP contribution in [0.5, 0.6) is 0 Å². The molecule has 0 aliphatic heterocycles. The second-order valence-corrected chi connectivity index (χ2v) is 7.54. The number of rotatable bonds is 3. The van der Waals surface area contributed by atoms with Crippen molar-refractivity contribution in [3.05, 3.63) is 56.3 Å². The molecule has 0 radical (unpaired) electrons. The van der Waals surface area contributed by atoms with Crippen LogP contribution in [0.3, 0.4) is 0 Å². The lowest BCUT2D eigenvalue weighted by Crippen LogP contribution is -2.32. The zero-order valence-corrected chi connectivity index (χ0v) is 15.8. The molecule has 0 spiro atoms. The van der Waals surface area contributed by atoms with Gasteiger partial charge in [0.05, 0.1) is 11.2 Å². The highest BCUT2D eigenvalue weighted by Gasteiger charge is 2.21. The van der Waals surface area contributed by atoms with Crippen LogP contribution < -0.4 is 10.9 Å². The van der Waals surface area contributed by atoms with Crippen molar-refractivity contribution in [1.82, 2.24) is 9.55 Å². The normalized spacial score (nSPS) is 12.4. The number of para-hydroxylation sites is 1. The molecule has 0 saturated carbocycles. The molecule has 0 aliphatic carbocycles. The van der Waals surface area contributed by atoms with Crippen LogP contribution in [0.4, 0.5) is 5.13 Å². The molecule has 1 amide bonds. The number of hydrogen-bond donors (Lipinski definition) is 1. The van der Waals surface area contributed by atoms with Crippen LogP contribution in [0, 0.1) is 27.7 Å². The lowest BCUT2D eigenvalue weighted by atomic mass is 10.1. The number of nitrogens with one attached hydrogen (secondary N) is 1. The highest BCUT2D eigenvalue weighted by molar-refractivity contribution is 7.15. The summed E-state index contributed by atoms with van der Waals surface area (Å²) in [6, 6.07) is 6.84. The van der Waals surface area contributed by atoms with E-state index in [9.17, 15) is 9.59 Å². The van der Waals surface area contributed by atoms with Gasteiger partial charge in [-0.2, -0.15) is 0 Å². The maximum atomic E-state index is 12.7. The monoisotopic (exact) mass is 355 g/mol. The van der Waals surface area contributed by atoms with Crippen LogP contribution in [0.2, 0.25) is 0 Å². The van der Waals surface area contributed by atoms with Gasteiger partial charge in [-0.3, -0.25) is 14.2 Å². The van der Waals surface area contributed by atoms with E-state index in [4.69, 9.17) is 0 Å². The maximum absolute atomic E-state index is 12.7. The van der Waals surface area contributed by atoms with Crippen molar-refractivity contribution in [3.63, 3.8) is 0 Å². The van der Waals surface area contributed by atoms with Gasteiger partial charge in [0.1, 0.15) is 6.04 Å². The summed E-state index contributed by atoms with van der Waals surface area (Å²) in [5.41, 5.74) is 3.43. The second kappa shape index (κ2) is 6.44. The number of nitrogens with zero attached hydrogens (tertiary/aromatic N) is 2. The molecule has 3 aromatic rings. The molecule has 0 fully saturated rings. The number of carbonyl (C=O) groups excluding carboxylic acids is 1. The average Bonchev–Trinajstić information content (AvgIpc) is 2.85. The van der Waals surface area contributed by atoms with Crippen molar-refractivity contribution < 1.29 is 4.79 Å². The first-order chi connectivity index (χ1) is 11.8. The van der Waals surface area contributed by atoms with Crippen molar-refractivity contribution in [1.29, 1.82) is 0 Å². The molecule has 2 heterocycles. The minimum absolute atomic E-state index is 0.173. The smallest absolute Gasteiger partial charge is 0.252 e. The zero-order chi connectivity index (χ0) is 18.3. The van der Waals surface area contributed by atoms with E-state index < -0.39 is 6.04 Å². The number of carbonyl (C=O) groups is 1. The standard InChI is InChI=1S/C19H21N3O2S/c1-10-7-6-8-15-11(2)9-16(23)22(17(10)15)13(4)18(24)21-19-20-12(3)14(5)25-19/h6-9,13H,1-5H3,(H,20,21,24). The van der Waals surface area contributed by atoms with E-state index >= 15 is 0 Å². The summed E-state index contributed by atoms with van der Waals surface area (Å²) in [7, 11) is 0. The fraction of sp³-hybridized carbons (Fsp3) is 0.316. The minimum Gasteiger partial charge on any atom is -0.300 e. The Balaban J connectivity index is 2.06. The Kier molecular flexibility index (Phi) is 4.47. The summed E-state index contributed by atoms with van der Waals surface area (Å²) >= 11 is 1.44. The molecule has 1 aromatic carbocycles. The van der Waals surface area contributed by atoms with Gasteiger partial charge in [0.15, 0.2) is 5.13 Å². The lowest BCUT2D eigenvalue weighted by molar-refractivity contribution is -0.118. The number of aromatic nitrogens is 2. The molecular formula is C19H21N3O2S. The molecule has 0 saturated heterocycles. The molecule has 0 aliphatic rings. The van der Waals surface area contributed by atoms with E-state index in [1.54, 1.807) is 17.6 Å². The molecular weight excluding hydrogens is 334 g/mol. The Morgan fingerprint density at radius 1 is 1.20 bits per heavy atom. The number of hydrogen-bond acceptors (Lipinski definition) is 4. The van der Waals surface area contributed by atoms with E-state index in [0.717, 1.165) is 32.6 Å². The Labute approximate surface area is 150 Å². The SMILES string of the molecule is Cc1nc(NC(=O)C(C)n2c(=O)cc(C)c3cccc(C)c32)sc1C. The largest absolute Gasteiger partial charge is 0.300 e. The van der Waals surface area contributed by atoms with E-state index in [1.165, 1.54) is 11.3 Å². The summed E-state index contributed by atoms with van der Waals surface area (Å²) < 4.78 is 1.57. The van der Waals surface area contributed by atoms with Crippen LogP contribution in [-0.4, -0.2) is 15.5 Å². The Bertz CT molecular complexity index is 1010. The van der Waals surface area contributed by atoms with Gasteiger partial charge in [-0.25, -0.2) is 4.98 Å². The molecule has 1 atom stereocenters. The third-order valence-corrected chi connectivity index (χ3v) is 5.49. The molecule has 1 N–H and O–H groups in total. The molecule has 6 heteroatoms. The minimum atomic E-state index is -0.638. The summed E-state index contributed by atoms with van der Waals surface area (Å²) in [5.74, 6) is -0.246. The van der Waals surface area contributed by atoms with Gasteiger partial charge in [0, 0.05) is 16.3 Å². The molecule has 2 aromatic heterocycles.